The van der Waals surface area contributed by atoms with Crippen LogP contribution in [0.1, 0.15) is 37.7 Å². The molecule has 21 heavy (non-hydrogen) atoms. The maximum Gasteiger partial charge on any atom is 0.319 e. The van der Waals surface area contributed by atoms with Crippen LogP contribution in [0.5, 0.6) is 5.75 Å². The minimum Gasteiger partial charge on any atom is -0.495 e. The molecule has 0 bridgehead atoms. The fourth-order valence-electron chi connectivity index (χ4n) is 2.64. The van der Waals surface area contributed by atoms with E-state index in [2.05, 4.69) is 10.6 Å². The van der Waals surface area contributed by atoms with E-state index in [1.165, 1.54) is 13.5 Å². The van der Waals surface area contributed by atoms with E-state index in [4.69, 9.17) is 15.9 Å². The average molecular weight is 290 g/mol. The van der Waals surface area contributed by atoms with Crippen molar-refractivity contribution in [2.24, 2.45) is 5.73 Å². The number of anilines is 1. The third kappa shape index (κ3) is 3.87. The summed E-state index contributed by atoms with van der Waals surface area (Å²) in [5, 5.41) is 13.3. The Labute approximate surface area is 124 Å². The number of benzene rings is 1. The molecule has 0 heterocycles. The van der Waals surface area contributed by atoms with Gasteiger partial charge < -0.3 is 21.1 Å². The molecule has 0 aliphatic heterocycles. The molecule has 6 heteroatoms. The molecular weight excluding hydrogens is 268 g/mol. The molecule has 0 unspecified atom stereocenters. The standard InChI is InChI=1S/C15H22N4O2/c1-21-12-9-5-8-11(14(16)17)13(12)19-15(20)18-10-6-3-2-4-7-10/h5,8-10H,2-4,6-7H2,1H3,(H3,16,17)(H2,18,19,20). The van der Waals surface area contributed by atoms with Gasteiger partial charge in [-0.2, -0.15) is 0 Å². The highest BCUT2D eigenvalue weighted by Crippen LogP contribution is 2.28. The van der Waals surface area contributed by atoms with Gasteiger partial charge in [0.2, 0.25) is 0 Å². The predicted octanol–water partition coefficient (Wildman–Crippen LogP) is 2.43. The van der Waals surface area contributed by atoms with Crippen molar-refractivity contribution >= 4 is 17.6 Å². The molecule has 0 spiro atoms. The number of urea groups is 1. The summed E-state index contributed by atoms with van der Waals surface area (Å²) in [6, 6.07) is 5.08. The first-order valence-electron chi connectivity index (χ1n) is 7.20. The minimum absolute atomic E-state index is 0.109. The number of hydrogen-bond donors (Lipinski definition) is 4. The minimum atomic E-state index is -0.283. The summed E-state index contributed by atoms with van der Waals surface area (Å²) in [6.07, 6.45) is 5.56. The van der Waals surface area contributed by atoms with Gasteiger partial charge in [-0.05, 0) is 25.0 Å². The van der Waals surface area contributed by atoms with E-state index in [1.807, 2.05) is 0 Å². The number of carbonyl (C=O) groups excluding carboxylic acids is 1. The van der Waals surface area contributed by atoms with Gasteiger partial charge in [0.05, 0.1) is 12.8 Å². The topological polar surface area (TPSA) is 100 Å². The normalized spacial score (nSPS) is 15.3. The first-order valence-corrected chi connectivity index (χ1v) is 7.20. The zero-order valence-electron chi connectivity index (χ0n) is 12.2. The number of ether oxygens (including phenoxy) is 1. The summed E-state index contributed by atoms with van der Waals surface area (Å²) >= 11 is 0. The number of amidine groups is 1. The molecular formula is C15H22N4O2. The summed E-state index contributed by atoms with van der Waals surface area (Å²) in [6.45, 7) is 0. The van der Waals surface area contributed by atoms with E-state index in [1.54, 1.807) is 18.2 Å². The highest BCUT2D eigenvalue weighted by Gasteiger charge is 2.18. The zero-order valence-corrected chi connectivity index (χ0v) is 12.2. The molecule has 0 aromatic heterocycles. The van der Waals surface area contributed by atoms with Crippen LogP contribution in [0, 0.1) is 5.41 Å². The van der Waals surface area contributed by atoms with Crippen LogP contribution in [0.3, 0.4) is 0 Å². The summed E-state index contributed by atoms with van der Waals surface area (Å²) in [4.78, 5) is 12.1. The summed E-state index contributed by atoms with van der Waals surface area (Å²) in [7, 11) is 1.52. The summed E-state index contributed by atoms with van der Waals surface area (Å²) < 4.78 is 5.23. The Balaban J connectivity index is 2.10. The van der Waals surface area contributed by atoms with Crippen LogP contribution >= 0.6 is 0 Å². The Morgan fingerprint density at radius 3 is 2.67 bits per heavy atom. The maximum absolute atomic E-state index is 12.1. The van der Waals surface area contributed by atoms with Crippen LogP contribution in [0.2, 0.25) is 0 Å². The number of para-hydroxylation sites is 1. The Hall–Kier alpha value is -2.24. The van der Waals surface area contributed by atoms with Crippen LogP contribution < -0.4 is 21.1 Å². The largest absolute Gasteiger partial charge is 0.495 e. The lowest BCUT2D eigenvalue weighted by Crippen LogP contribution is -2.39. The predicted molar refractivity (Wildman–Crippen MR) is 83.0 cm³/mol. The molecule has 1 aliphatic carbocycles. The molecule has 1 fully saturated rings. The Morgan fingerprint density at radius 1 is 1.33 bits per heavy atom. The molecule has 0 atom stereocenters. The summed E-state index contributed by atoms with van der Waals surface area (Å²) in [5.41, 5.74) is 6.44. The van der Waals surface area contributed by atoms with Gasteiger partial charge >= 0.3 is 6.03 Å². The van der Waals surface area contributed by atoms with Gasteiger partial charge in [0, 0.05) is 11.6 Å². The second kappa shape index (κ2) is 6.97. The number of methoxy groups -OCH3 is 1. The molecule has 0 radical (unpaired) electrons. The van der Waals surface area contributed by atoms with Gasteiger partial charge in [-0.3, -0.25) is 5.41 Å². The summed E-state index contributed by atoms with van der Waals surface area (Å²) in [5.74, 6) is 0.378. The first kappa shape index (κ1) is 15.2. The van der Waals surface area contributed by atoms with E-state index in [0.29, 0.717) is 17.0 Å². The third-order valence-corrected chi connectivity index (χ3v) is 3.72. The molecule has 2 amide bonds. The smallest absolute Gasteiger partial charge is 0.319 e. The van der Waals surface area contributed by atoms with Crippen LogP contribution in [-0.2, 0) is 0 Å². The molecule has 1 saturated carbocycles. The molecule has 5 N–H and O–H groups in total. The quantitative estimate of drug-likeness (QED) is 0.506. The van der Waals surface area contributed by atoms with Crippen LogP contribution in [0.4, 0.5) is 10.5 Å². The van der Waals surface area contributed by atoms with Gasteiger partial charge in [0.25, 0.3) is 0 Å². The number of hydrogen-bond acceptors (Lipinski definition) is 3. The van der Waals surface area contributed by atoms with Crippen molar-refractivity contribution in [1.82, 2.24) is 5.32 Å². The van der Waals surface area contributed by atoms with Crippen molar-refractivity contribution in [3.8, 4) is 5.75 Å². The third-order valence-electron chi connectivity index (χ3n) is 3.72. The average Bonchev–Trinajstić information content (AvgIpc) is 2.48. The van der Waals surface area contributed by atoms with Gasteiger partial charge in [0.1, 0.15) is 11.6 Å². The SMILES string of the molecule is COc1cccc(C(=N)N)c1NC(=O)NC1CCCCC1. The van der Waals surface area contributed by atoms with E-state index in [9.17, 15) is 4.79 Å². The van der Waals surface area contributed by atoms with Gasteiger partial charge in [-0.15, -0.1) is 0 Å². The number of nitrogens with one attached hydrogen (secondary N) is 3. The number of amides is 2. The Bertz CT molecular complexity index is 524. The second-order valence-corrected chi connectivity index (χ2v) is 5.23. The van der Waals surface area contributed by atoms with E-state index < -0.39 is 0 Å². The Kier molecular flexibility index (Phi) is 5.03. The maximum atomic E-state index is 12.1. The lowest BCUT2D eigenvalue weighted by molar-refractivity contribution is 0.244. The van der Waals surface area contributed by atoms with Gasteiger partial charge in [-0.25, -0.2) is 4.79 Å². The van der Waals surface area contributed by atoms with Crippen molar-refractivity contribution in [1.29, 1.82) is 5.41 Å². The van der Waals surface area contributed by atoms with E-state index >= 15 is 0 Å². The fraction of sp³-hybridized carbons (Fsp3) is 0.467. The number of nitrogens with two attached hydrogens (primary N) is 1. The molecule has 1 aliphatic rings. The molecule has 114 valence electrons. The molecule has 0 saturated heterocycles. The first-order chi connectivity index (χ1) is 10.1. The van der Waals surface area contributed by atoms with Crippen molar-refractivity contribution in [3.05, 3.63) is 23.8 Å². The second-order valence-electron chi connectivity index (χ2n) is 5.23. The highest BCUT2D eigenvalue weighted by molar-refractivity contribution is 6.05. The van der Waals surface area contributed by atoms with Crippen molar-refractivity contribution in [3.63, 3.8) is 0 Å². The molecule has 1 aromatic rings. The van der Waals surface area contributed by atoms with Crippen LogP contribution in [0.25, 0.3) is 0 Å². The van der Waals surface area contributed by atoms with Crippen molar-refractivity contribution < 1.29 is 9.53 Å². The molecule has 1 aromatic carbocycles. The van der Waals surface area contributed by atoms with Crippen molar-refractivity contribution in [2.75, 3.05) is 12.4 Å². The van der Waals surface area contributed by atoms with Crippen LogP contribution in [-0.4, -0.2) is 25.0 Å². The van der Waals surface area contributed by atoms with Gasteiger partial charge in [0.15, 0.2) is 0 Å². The monoisotopic (exact) mass is 290 g/mol. The van der Waals surface area contributed by atoms with E-state index in [0.717, 1.165) is 25.7 Å². The molecule has 6 nitrogen and oxygen atoms in total. The highest BCUT2D eigenvalue weighted by atomic mass is 16.5. The lowest BCUT2D eigenvalue weighted by Gasteiger charge is -2.23. The van der Waals surface area contributed by atoms with Crippen molar-refractivity contribution in [2.45, 2.75) is 38.1 Å². The lowest BCUT2D eigenvalue weighted by atomic mass is 9.96. The van der Waals surface area contributed by atoms with Crippen LogP contribution in [0.15, 0.2) is 18.2 Å². The molecule has 2 rings (SSSR count). The number of carbonyl (C=O) groups is 1. The number of rotatable bonds is 4. The number of nitrogen functional groups attached to an aromatic ring is 1. The Morgan fingerprint density at radius 2 is 2.05 bits per heavy atom. The fourth-order valence-corrected chi connectivity index (χ4v) is 2.64. The van der Waals surface area contributed by atoms with E-state index in [-0.39, 0.29) is 17.9 Å². The zero-order chi connectivity index (χ0) is 15.2. The van der Waals surface area contributed by atoms with Gasteiger partial charge in [-0.1, -0.05) is 25.3 Å².